The monoisotopic (exact) mass is 290 g/mol. The minimum absolute atomic E-state index is 0.0120. The number of anilines is 1. The lowest BCUT2D eigenvalue weighted by atomic mass is 10.0. The van der Waals surface area contributed by atoms with Crippen LogP contribution in [0.3, 0.4) is 0 Å². The molecule has 0 atom stereocenters. The molecule has 0 aromatic heterocycles. The standard InChI is InChI=1S/C15H19FN4O/c1-19(2)15(21)20-7-5-12(6-8-20)18-14-4-3-11(10-17)9-13(14)16/h3-4,9,12,18H,5-8H2,1-2H3. The van der Waals surface area contributed by atoms with Gasteiger partial charge >= 0.3 is 6.03 Å². The molecule has 0 aliphatic carbocycles. The van der Waals surface area contributed by atoms with E-state index in [2.05, 4.69) is 5.32 Å². The first-order valence-corrected chi connectivity index (χ1v) is 6.93. The molecule has 1 aliphatic heterocycles. The van der Waals surface area contributed by atoms with Gasteiger partial charge in [0.05, 0.1) is 17.3 Å². The van der Waals surface area contributed by atoms with Gasteiger partial charge in [-0.25, -0.2) is 9.18 Å². The lowest BCUT2D eigenvalue weighted by Gasteiger charge is -2.34. The van der Waals surface area contributed by atoms with Crippen LogP contribution < -0.4 is 5.32 Å². The van der Waals surface area contributed by atoms with E-state index in [4.69, 9.17) is 5.26 Å². The Bertz CT molecular complexity index is 559. The number of nitrogens with one attached hydrogen (secondary N) is 1. The van der Waals surface area contributed by atoms with Gasteiger partial charge in [0.1, 0.15) is 5.82 Å². The van der Waals surface area contributed by atoms with Gasteiger partial charge < -0.3 is 15.1 Å². The first kappa shape index (κ1) is 15.1. The van der Waals surface area contributed by atoms with Crippen LogP contribution in [0.15, 0.2) is 18.2 Å². The summed E-state index contributed by atoms with van der Waals surface area (Å²) in [6, 6.07) is 6.47. The van der Waals surface area contributed by atoms with Crippen molar-refractivity contribution in [3.8, 4) is 6.07 Å². The molecule has 112 valence electrons. The van der Waals surface area contributed by atoms with Crippen molar-refractivity contribution in [3.05, 3.63) is 29.6 Å². The molecular formula is C15H19FN4O. The normalized spacial score (nSPS) is 15.4. The fourth-order valence-electron chi connectivity index (χ4n) is 2.42. The molecule has 0 bridgehead atoms. The van der Waals surface area contributed by atoms with E-state index in [-0.39, 0.29) is 12.1 Å². The Kier molecular flexibility index (Phi) is 4.63. The highest BCUT2D eigenvalue weighted by Gasteiger charge is 2.24. The Labute approximate surface area is 123 Å². The minimum Gasteiger partial charge on any atom is -0.380 e. The molecule has 0 radical (unpaired) electrons. The van der Waals surface area contributed by atoms with E-state index in [1.807, 2.05) is 6.07 Å². The summed E-state index contributed by atoms with van der Waals surface area (Å²) in [5.41, 5.74) is 0.718. The zero-order chi connectivity index (χ0) is 15.4. The van der Waals surface area contributed by atoms with Crippen LogP contribution in [-0.2, 0) is 0 Å². The van der Waals surface area contributed by atoms with Gasteiger partial charge in [0.2, 0.25) is 0 Å². The predicted molar refractivity (Wildman–Crippen MR) is 78.4 cm³/mol. The Morgan fingerprint density at radius 3 is 2.62 bits per heavy atom. The van der Waals surface area contributed by atoms with E-state index < -0.39 is 5.82 Å². The number of carbonyl (C=O) groups excluding carboxylic acids is 1. The molecule has 1 aromatic carbocycles. The van der Waals surface area contributed by atoms with Crippen molar-refractivity contribution in [2.24, 2.45) is 0 Å². The SMILES string of the molecule is CN(C)C(=O)N1CCC(Nc2ccc(C#N)cc2F)CC1. The van der Waals surface area contributed by atoms with Crippen LogP contribution >= 0.6 is 0 Å². The molecule has 21 heavy (non-hydrogen) atoms. The van der Waals surface area contributed by atoms with Crippen LogP contribution in [0, 0.1) is 17.1 Å². The van der Waals surface area contributed by atoms with Gasteiger partial charge in [0.15, 0.2) is 0 Å². The van der Waals surface area contributed by atoms with Gasteiger partial charge in [-0.2, -0.15) is 5.26 Å². The Balaban J connectivity index is 1.92. The van der Waals surface area contributed by atoms with Crippen LogP contribution in [0.5, 0.6) is 0 Å². The summed E-state index contributed by atoms with van der Waals surface area (Å²) in [6.07, 6.45) is 1.55. The van der Waals surface area contributed by atoms with Crippen LogP contribution in [-0.4, -0.2) is 49.1 Å². The number of carbonyl (C=O) groups is 1. The number of likely N-dealkylation sites (tertiary alicyclic amines) is 1. The fourth-order valence-corrected chi connectivity index (χ4v) is 2.42. The van der Waals surface area contributed by atoms with Crippen molar-refractivity contribution in [1.82, 2.24) is 9.80 Å². The van der Waals surface area contributed by atoms with E-state index in [9.17, 15) is 9.18 Å². The van der Waals surface area contributed by atoms with Gasteiger partial charge in [-0.15, -0.1) is 0 Å². The number of benzene rings is 1. The molecule has 0 saturated carbocycles. The minimum atomic E-state index is -0.416. The van der Waals surface area contributed by atoms with E-state index in [0.717, 1.165) is 12.8 Å². The lowest BCUT2D eigenvalue weighted by molar-refractivity contribution is 0.158. The number of hydrogen-bond acceptors (Lipinski definition) is 3. The van der Waals surface area contributed by atoms with Crippen LogP contribution in [0.1, 0.15) is 18.4 Å². The van der Waals surface area contributed by atoms with Crippen molar-refractivity contribution in [2.45, 2.75) is 18.9 Å². The second-order valence-electron chi connectivity index (χ2n) is 5.39. The first-order valence-electron chi connectivity index (χ1n) is 6.93. The van der Waals surface area contributed by atoms with Crippen molar-refractivity contribution >= 4 is 11.7 Å². The molecule has 1 fully saturated rings. The van der Waals surface area contributed by atoms with Crippen LogP contribution in [0.2, 0.25) is 0 Å². The highest BCUT2D eigenvalue weighted by molar-refractivity contribution is 5.73. The summed E-state index contributed by atoms with van der Waals surface area (Å²) in [4.78, 5) is 15.2. The zero-order valence-corrected chi connectivity index (χ0v) is 12.3. The molecular weight excluding hydrogens is 271 g/mol. The quantitative estimate of drug-likeness (QED) is 0.909. The second kappa shape index (κ2) is 6.44. The topological polar surface area (TPSA) is 59.4 Å². The predicted octanol–water partition coefficient (Wildman–Crippen LogP) is 2.26. The van der Waals surface area contributed by atoms with Gasteiger partial charge in [-0.1, -0.05) is 0 Å². The average Bonchev–Trinajstić information content (AvgIpc) is 2.49. The molecule has 6 heteroatoms. The van der Waals surface area contributed by atoms with Gasteiger partial charge in [0, 0.05) is 33.2 Å². The van der Waals surface area contributed by atoms with E-state index in [1.54, 1.807) is 36.0 Å². The number of nitrogens with zero attached hydrogens (tertiary/aromatic N) is 3. The number of rotatable bonds is 2. The van der Waals surface area contributed by atoms with Crippen LogP contribution in [0.25, 0.3) is 0 Å². The van der Waals surface area contributed by atoms with E-state index in [1.165, 1.54) is 6.07 Å². The van der Waals surface area contributed by atoms with Crippen molar-refractivity contribution < 1.29 is 9.18 Å². The largest absolute Gasteiger partial charge is 0.380 e. The molecule has 0 unspecified atom stereocenters. The summed E-state index contributed by atoms with van der Waals surface area (Å²) in [5, 5.41) is 11.9. The molecule has 2 amide bonds. The second-order valence-corrected chi connectivity index (χ2v) is 5.39. The molecule has 1 saturated heterocycles. The number of amides is 2. The highest BCUT2D eigenvalue weighted by Crippen LogP contribution is 2.20. The maximum Gasteiger partial charge on any atom is 0.319 e. The molecule has 5 nitrogen and oxygen atoms in total. The maximum atomic E-state index is 13.8. The van der Waals surface area contributed by atoms with E-state index in [0.29, 0.717) is 24.3 Å². The Morgan fingerprint density at radius 1 is 1.43 bits per heavy atom. The Morgan fingerprint density at radius 2 is 2.10 bits per heavy atom. The smallest absolute Gasteiger partial charge is 0.319 e. The fraction of sp³-hybridized carbons (Fsp3) is 0.467. The number of urea groups is 1. The van der Waals surface area contributed by atoms with Crippen molar-refractivity contribution in [1.29, 1.82) is 5.26 Å². The lowest BCUT2D eigenvalue weighted by Crippen LogP contribution is -2.46. The summed E-state index contributed by atoms with van der Waals surface area (Å²) in [7, 11) is 3.47. The van der Waals surface area contributed by atoms with Crippen LogP contribution in [0.4, 0.5) is 14.9 Å². The number of hydrogen-bond donors (Lipinski definition) is 1. The Hall–Kier alpha value is -2.29. The third kappa shape index (κ3) is 3.63. The molecule has 2 rings (SSSR count). The van der Waals surface area contributed by atoms with Crippen molar-refractivity contribution in [3.63, 3.8) is 0 Å². The van der Waals surface area contributed by atoms with Gasteiger partial charge in [-0.05, 0) is 31.0 Å². The summed E-state index contributed by atoms with van der Waals surface area (Å²) in [6.45, 7) is 1.32. The average molecular weight is 290 g/mol. The highest BCUT2D eigenvalue weighted by atomic mass is 19.1. The molecule has 1 N–H and O–H groups in total. The van der Waals surface area contributed by atoms with E-state index >= 15 is 0 Å². The molecule has 1 aliphatic rings. The maximum absolute atomic E-state index is 13.8. The zero-order valence-electron chi connectivity index (χ0n) is 12.3. The third-order valence-corrected chi connectivity index (χ3v) is 3.61. The molecule has 1 aromatic rings. The first-order chi connectivity index (χ1) is 10.0. The van der Waals surface area contributed by atoms with Gasteiger partial charge in [0.25, 0.3) is 0 Å². The number of nitriles is 1. The molecule has 1 heterocycles. The summed E-state index contributed by atoms with van der Waals surface area (Å²) >= 11 is 0. The summed E-state index contributed by atoms with van der Waals surface area (Å²) < 4.78 is 13.8. The molecule has 0 spiro atoms. The third-order valence-electron chi connectivity index (χ3n) is 3.61. The summed E-state index contributed by atoms with van der Waals surface area (Å²) in [5.74, 6) is -0.416. The number of halogens is 1. The number of piperidine rings is 1. The van der Waals surface area contributed by atoms with Gasteiger partial charge in [-0.3, -0.25) is 0 Å². The van der Waals surface area contributed by atoms with Crippen molar-refractivity contribution in [2.75, 3.05) is 32.5 Å².